The molecular weight excluding hydrogens is 258 g/mol. The number of carbonyl (C=O) groups excluding carboxylic acids is 2. The first-order chi connectivity index (χ1) is 9.66. The molecule has 1 heterocycles. The second-order valence-corrected chi connectivity index (χ2v) is 5.35. The Morgan fingerprint density at radius 2 is 1.90 bits per heavy atom. The molecule has 1 aliphatic carbocycles. The van der Waals surface area contributed by atoms with E-state index in [0.717, 1.165) is 12.8 Å². The predicted molar refractivity (Wildman–Crippen MR) is 71.5 cm³/mol. The van der Waals surface area contributed by atoms with E-state index in [0.29, 0.717) is 31.2 Å². The number of ether oxygens (including phenoxy) is 1. The number of morpholine rings is 1. The third-order valence-corrected chi connectivity index (χ3v) is 3.92. The maximum absolute atomic E-state index is 12.4. The Morgan fingerprint density at radius 3 is 2.55 bits per heavy atom. The number of aromatic hydroxyl groups is 1. The highest BCUT2D eigenvalue weighted by atomic mass is 16.5. The molecule has 0 unspecified atom stereocenters. The maximum Gasteiger partial charge on any atom is 0.295 e. The topological polar surface area (TPSA) is 66.8 Å². The van der Waals surface area contributed by atoms with E-state index >= 15 is 0 Å². The van der Waals surface area contributed by atoms with Gasteiger partial charge in [-0.15, -0.1) is 0 Å². The van der Waals surface area contributed by atoms with Gasteiger partial charge in [0.15, 0.2) is 0 Å². The molecule has 1 aromatic rings. The fourth-order valence-electron chi connectivity index (χ4n) is 2.61. The number of amides is 1. The zero-order chi connectivity index (χ0) is 14.1. The molecule has 3 rings (SSSR count). The fraction of sp³-hybridized carbons (Fsp3) is 0.467. The molecule has 2 fully saturated rings. The fourth-order valence-corrected chi connectivity index (χ4v) is 2.61. The van der Waals surface area contributed by atoms with Crippen LogP contribution in [-0.4, -0.2) is 47.5 Å². The molecule has 106 valence electrons. The van der Waals surface area contributed by atoms with E-state index in [9.17, 15) is 14.7 Å². The quantitative estimate of drug-likeness (QED) is 0.665. The number of phenolic OH excluding ortho intramolecular Hbond substituents is 1. The molecule has 1 aromatic carbocycles. The van der Waals surface area contributed by atoms with E-state index in [2.05, 4.69) is 0 Å². The third-order valence-electron chi connectivity index (χ3n) is 3.92. The first-order valence-electron chi connectivity index (χ1n) is 6.89. The average Bonchev–Trinajstić information content (AvgIpc) is 3.31. The molecule has 20 heavy (non-hydrogen) atoms. The zero-order valence-corrected chi connectivity index (χ0v) is 11.1. The van der Waals surface area contributed by atoms with Crippen molar-refractivity contribution < 1.29 is 19.4 Å². The Bertz CT molecular complexity index is 521. The van der Waals surface area contributed by atoms with Crippen LogP contribution in [0.3, 0.4) is 0 Å². The standard InChI is InChI=1S/C15H17NO4/c17-12-5-3-11(4-6-12)14(18)15(19)16-7-8-20-9-13(16)10-1-2-10/h3-6,10,13,17H,1-2,7-9H2/t13-/m1/s1. The van der Waals surface area contributed by atoms with Gasteiger partial charge < -0.3 is 14.7 Å². The Labute approximate surface area is 117 Å². The van der Waals surface area contributed by atoms with Gasteiger partial charge in [0.2, 0.25) is 5.78 Å². The molecule has 1 saturated carbocycles. The van der Waals surface area contributed by atoms with E-state index in [1.54, 1.807) is 4.90 Å². The van der Waals surface area contributed by atoms with Crippen LogP contribution in [0.15, 0.2) is 24.3 Å². The Kier molecular flexibility index (Phi) is 3.44. The normalized spacial score (nSPS) is 22.6. The van der Waals surface area contributed by atoms with Crippen LogP contribution in [0.2, 0.25) is 0 Å². The number of nitrogens with zero attached hydrogens (tertiary/aromatic N) is 1. The number of rotatable bonds is 3. The van der Waals surface area contributed by atoms with Crippen LogP contribution in [0.25, 0.3) is 0 Å². The smallest absolute Gasteiger partial charge is 0.295 e. The number of ketones is 1. The summed E-state index contributed by atoms with van der Waals surface area (Å²) < 4.78 is 5.43. The molecule has 5 heteroatoms. The summed E-state index contributed by atoms with van der Waals surface area (Å²) in [6, 6.07) is 5.82. The van der Waals surface area contributed by atoms with Gasteiger partial charge in [0.1, 0.15) is 5.75 Å². The minimum absolute atomic E-state index is 0.0392. The van der Waals surface area contributed by atoms with Gasteiger partial charge in [-0.2, -0.15) is 0 Å². The highest BCUT2D eigenvalue weighted by molar-refractivity contribution is 6.42. The SMILES string of the molecule is O=C(C(=O)N1CCOC[C@@H]1C1CC1)c1ccc(O)cc1. The first-order valence-corrected chi connectivity index (χ1v) is 6.89. The van der Waals surface area contributed by atoms with Crippen LogP contribution >= 0.6 is 0 Å². The average molecular weight is 275 g/mol. The number of Topliss-reactive ketones (excluding diaryl/α,β-unsaturated/α-hetero) is 1. The monoisotopic (exact) mass is 275 g/mol. The van der Waals surface area contributed by atoms with Gasteiger partial charge in [-0.1, -0.05) is 0 Å². The van der Waals surface area contributed by atoms with Gasteiger partial charge in [-0.25, -0.2) is 0 Å². The minimum atomic E-state index is -0.516. The van der Waals surface area contributed by atoms with Crippen molar-refractivity contribution in [2.75, 3.05) is 19.8 Å². The van der Waals surface area contributed by atoms with Crippen molar-refractivity contribution in [3.8, 4) is 5.75 Å². The zero-order valence-electron chi connectivity index (χ0n) is 11.1. The second kappa shape index (κ2) is 5.25. The lowest BCUT2D eigenvalue weighted by atomic mass is 10.1. The molecule has 5 nitrogen and oxygen atoms in total. The van der Waals surface area contributed by atoms with Crippen LogP contribution in [0, 0.1) is 5.92 Å². The molecule has 1 saturated heterocycles. The van der Waals surface area contributed by atoms with Gasteiger partial charge in [0.05, 0.1) is 19.3 Å². The summed E-state index contributed by atoms with van der Waals surface area (Å²) in [6.45, 7) is 1.49. The summed E-state index contributed by atoms with van der Waals surface area (Å²) in [6.07, 6.45) is 2.20. The Balaban J connectivity index is 1.76. The third kappa shape index (κ3) is 2.54. The van der Waals surface area contributed by atoms with Gasteiger partial charge in [0.25, 0.3) is 5.91 Å². The lowest BCUT2D eigenvalue weighted by Crippen LogP contribution is -2.52. The molecule has 0 radical (unpaired) electrons. The van der Waals surface area contributed by atoms with Crippen molar-refractivity contribution in [3.63, 3.8) is 0 Å². The minimum Gasteiger partial charge on any atom is -0.508 e. The van der Waals surface area contributed by atoms with Gasteiger partial charge in [-0.05, 0) is 43.0 Å². The largest absolute Gasteiger partial charge is 0.508 e. The van der Waals surface area contributed by atoms with E-state index in [4.69, 9.17) is 4.74 Å². The maximum atomic E-state index is 12.4. The van der Waals surface area contributed by atoms with Crippen molar-refractivity contribution >= 4 is 11.7 Å². The Hall–Kier alpha value is -1.88. The van der Waals surface area contributed by atoms with Crippen molar-refractivity contribution in [3.05, 3.63) is 29.8 Å². The van der Waals surface area contributed by atoms with E-state index < -0.39 is 11.7 Å². The number of benzene rings is 1. The van der Waals surface area contributed by atoms with Crippen LogP contribution in [0.5, 0.6) is 5.75 Å². The molecular formula is C15H17NO4. The molecule has 0 spiro atoms. The lowest BCUT2D eigenvalue weighted by Gasteiger charge is -2.35. The van der Waals surface area contributed by atoms with Gasteiger partial charge >= 0.3 is 0 Å². The molecule has 1 N–H and O–H groups in total. The summed E-state index contributed by atoms with van der Waals surface area (Å²) in [5, 5.41) is 9.23. The summed E-state index contributed by atoms with van der Waals surface area (Å²) in [5.41, 5.74) is 0.314. The summed E-state index contributed by atoms with van der Waals surface area (Å²) in [4.78, 5) is 26.3. The molecule has 0 bridgehead atoms. The summed E-state index contributed by atoms with van der Waals surface area (Å²) in [5.74, 6) is -0.420. The summed E-state index contributed by atoms with van der Waals surface area (Å²) in [7, 11) is 0. The number of phenols is 1. The van der Waals surface area contributed by atoms with Crippen LogP contribution in [0.1, 0.15) is 23.2 Å². The van der Waals surface area contributed by atoms with E-state index in [1.165, 1.54) is 24.3 Å². The van der Waals surface area contributed by atoms with Crippen molar-refractivity contribution in [2.24, 2.45) is 5.92 Å². The molecule has 1 amide bonds. The van der Waals surface area contributed by atoms with Crippen molar-refractivity contribution in [1.82, 2.24) is 4.90 Å². The first kappa shape index (κ1) is 13.1. The Morgan fingerprint density at radius 1 is 1.20 bits per heavy atom. The van der Waals surface area contributed by atoms with Gasteiger partial charge in [0, 0.05) is 12.1 Å². The number of hydrogen-bond acceptors (Lipinski definition) is 4. The van der Waals surface area contributed by atoms with Gasteiger partial charge in [-0.3, -0.25) is 9.59 Å². The number of hydrogen-bond donors (Lipinski definition) is 1. The molecule has 1 atom stereocenters. The second-order valence-electron chi connectivity index (χ2n) is 5.35. The van der Waals surface area contributed by atoms with Crippen molar-refractivity contribution in [1.29, 1.82) is 0 Å². The highest BCUT2D eigenvalue weighted by Crippen LogP contribution is 2.36. The molecule has 1 aliphatic heterocycles. The lowest BCUT2D eigenvalue weighted by molar-refractivity contribution is -0.135. The molecule has 0 aromatic heterocycles. The highest BCUT2D eigenvalue weighted by Gasteiger charge is 2.40. The van der Waals surface area contributed by atoms with Crippen LogP contribution < -0.4 is 0 Å². The number of carbonyl (C=O) groups is 2. The van der Waals surface area contributed by atoms with E-state index in [-0.39, 0.29) is 11.8 Å². The molecule has 2 aliphatic rings. The summed E-state index contributed by atoms with van der Waals surface area (Å²) >= 11 is 0. The van der Waals surface area contributed by atoms with Crippen LogP contribution in [-0.2, 0) is 9.53 Å². The predicted octanol–water partition coefficient (Wildman–Crippen LogP) is 1.21. The van der Waals surface area contributed by atoms with Crippen molar-refractivity contribution in [2.45, 2.75) is 18.9 Å². The van der Waals surface area contributed by atoms with E-state index in [1.807, 2.05) is 0 Å². The van der Waals surface area contributed by atoms with Crippen LogP contribution in [0.4, 0.5) is 0 Å².